The Morgan fingerprint density at radius 2 is 1.92 bits per heavy atom. The first-order valence-corrected chi connectivity index (χ1v) is 9.41. The maximum absolute atomic E-state index is 12.0. The Morgan fingerprint density at radius 1 is 1.21 bits per heavy atom. The summed E-state index contributed by atoms with van der Waals surface area (Å²) in [7, 11) is 0. The number of hydrogen-bond acceptors (Lipinski definition) is 3. The van der Waals surface area contributed by atoms with E-state index in [-0.39, 0.29) is 5.91 Å². The van der Waals surface area contributed by atoms with Crippen LogP contribution in [0.15, 0.2) is 48.5 Å². The van der Waals surface area contributed by atoms with E-state index in [1.807, 2.05) is 17.8 Å². The lowest BCUT2D eigenvalue weighted by Crippen LogP contribution is -2.37. The molecule has 0 saturated carbocycles. The molecule has 0 bridgehead atoms. The Hall–Kier alpha value is -1.65. The molecule has 24 heavy (non-hydrogen) atoms. The van der Waals surface area contributed by atoms with Gasteiger partial charge in [-0.3, -0.25) is 4.79 Å². The van der Waals surface area contributed by atoms with E-state index in [9.17, 15) is 4.79 Å². The molecule has 0 radical (unpaired) electrons. The fraction of sp³-hybridized carbons (Fsp3) is 0.316. The molecular weight excluding hydrogens is 342 g/mol. The fourth-order valence-electron chi connectivity index (χ4n) is 2.12. The summed E-state index contributed by atoms with van der Waals surface area (Å²) in [6.07, 6.45) is -0.535. The summed E-state index contributed by atoms with van der Waals surface area (Å²) in [6, 6.07) is 15.4. The highest BCUT2D eigenvalue weighted by molar-refractivity contribution is 7.98. The lowest BCUT2D eigenvalue weighted by Gasteiger charge is -2.14. The van der Waals surface area contributed by atoms with E-state index in [4.69, 9.17) is 16.3 Å². The second-order valence-electron chi connectivity index (χ2n) is 5.48. The first-order valence-electron chi connectivity index (χ1n) is 7.88. The Balaban J connectivity index is 1.65. The number of rotatable bonds is 8. The molecular formula is C19H22ClNO2S. The van der Waals surface area contributed by atoms with Gasteiger partial charge in [-0.25, -0.2) is 0 Å². The molecule has 2 rings (SSSR count). The van der Waals surface area contributed by atoms with Crippen molar-refractivity contribution in [1.29, 1.82) is 0 Å². The lowest BCUT2D eigenvalue weighted by molar-refractivity contribution is -0.127. The molecule has 0 saturated heterocycles. The normalized spacial score (nSPS) is 11.8. The number of hydrogen-bond donors (Lipinski definition) is 1. The number of thioether (sulfide) groups is 1. The topological polar surface area (TPSA) is 38.3 Å². The average Bonchev–Trinajstić information content (AvgIpc) is 2.58. The number of amides is 1. The number of ether oxygens (including phenoxy) is 1. The van der Waals surface area contributed by atoms with E-state index in [0.717, 1.165) is 11.5 Å². The van der Waals surface area contributed by atoms with Crippen molar-refractivity contribution in [3.05, 3.63) is 64.7 Å². The van der Waals surface area contributed by atoms with Crippen LogP contribution < -0.4 is 10.1 Å². The predicted molar refractivity (Wildman–Crippen MR) is 102 cm³/mol. The Morgan fingerprint density at radius 3 is 2.62 bits per heavy atom. The molecule has 0 unspecified atom stereocenters. The van der Waals surface area contributed by atoms with Crippen LogP contribution in [0.4, 0.5) is 0 Å². The van der Waals surface area contributed by atoms with Crippen LogP contribution in [0.5, 0.6) is 5.75 Å². The molecule has 1 atom stereocenters. The summed E-state index contributed by atoms with van der Waals surface area (Å²) in [5, 5.41) is 3.55. The van der Waals surface area contributed by atoms with Crippen molar-refractivity contribution >= 4 is 29.3 Å². The molecule has 0 aliphatic rings. The number of benzene rings is 2. The Bertz CT molecular complexity index is 661. The van der Waals surface area contributed by atoms with Crippen molar-refractivity contribution in [3.63, 3.8) is 0 Å². The fourth-order valence-corrected chi connectivity index (χ4v) is 3.18. The van der Waals surface area contributed by atoms with Gasteiger partial charge < -0.3 is 10.1 Å². The summed E-state index contributed by atoms with van der Waals surface area (Å²) in [4.78, 5) is 12.0. The van der Waals surface area contributed by atoms with Gasteiger partial charge in [0.05, 0.1) is 0 Å². The van der Waals surface area contributed by atoms with Gasteiger partial charge in [0.15, 0.2) is 6.10 Å². The minimum absolute atomic E-state index is 0.110. The molecule has 5 heteroatoms. The third kappa shape index (κ3) is 6.10. The molecule has 3 nitrogen and oxygen atoms in total. The standard InChI is InChI=1S/C19H22ClNO2S/c1-14-5-3-4-6-16(14)13-24-12-11-21-19(22)15(2)23-18-9-7-17(20)8-10-18/h3-10,15H,11-13H2,1-2H3,(H,21,22)/t15-/m0/s1. The molecule has 0 spiro atoms. The number of aryl methyl sites for hydroxylation is 1. The maximum Gasteiger partial charge on any atom is 0.260 e. The van der Waals surface area contributed by atoms with Crippen LogP contribution in [0.3, 0.4) is 0 Å². The number of nitrogens with one attached hydrogen (secondary N) is 1. The molecule has 0 aliphatic heterocycles. The first-order chi connectivity index (χ1) is 11.6. The van der Waals surface area contributed by atoms with Gasteiger partial charge in [-0.15, -0.1) is 0 Å². The van der Waals surface area contributed by atoms with Gasteiger partial charge in [-0.2, -0.15) is 11.8 Å². The van der Waals surface area contributed by atoms with Crippen LogP contribution in [0.1, 0.15) is 18.1 Å². The lowest BCUT2D eigenvalue weighted by atomic mass is 10.1. The van der Waals surface area contributed by atoms with Gasteiger partial charge in [0, 0.05) is 23.1 Å². The molecule has 2 aromatic carbocycles. The molecule has 0 fully saturated rings. The average molecular weight is 364 g/mol. The zero-order chi connectivity index (χ0) is 17.4. The molecule has 0 aliphatic carbocycles. The number of carbonyl (C=O) groups excluding carboxylic acids is 1. The van der Waals surface area contributed by atoms with Crippen LogP contribution in [-0.4, -0.2) is 24.3 Å². The summed E-state index contributed by atoms with van der Waals surface area (Å²) >= 11 is 7.64. The Kier molecular flexibility index (Phi) is 7.47. The summed E-state index contributed by atoms with van der Waals surface area (Å²) in [5.41, 5.74) is 2.65. The molecule has 0 aromatic heterocycles. The van der Waals surface area contributed by atoms with Crippen molar-refractivity contribution in [2.24, 2.45) is 0 Å². The third-order valence-corrected chi connectivity index (χ3v) is 4.82. The van der Waals surface area contributed by atoms with Gasteiger partial charge in [0.1, 0.15) is 5.75 Å². The van der Waals surface area contributed by atoms with E-state index in [1.54, 1.807) is 31.2 Å². The van der Waals surface area contributed by atoms with Crippen molar-refractivity contribution in [1.82, 2.24) is 5.32 Å². The van der Waals surface area contributed by atoms with Crippen molar-refractivity contribution in [2.75, 3.05) is 12.3 Å². The summed E-state index contributed by atoms with van der Waals surface area (Å²) in [5.74, 6) is 2.35. The SMILES string of the molecule is Cc1ccccc1CSCCNC(=O)[C@H](C)Oc1ccc(Cl)cc1. The van der Waals surface area contributed by atoms with Gasteiger partial charge in [-0.05, 0) is 49.2 Å². The highest BCUT2D eigenvalue weighted by atomic mass is 35.5. The third-order valence-electron chi connectivity index (χ3n) is 3.56. The largest absolute Gasteiger partial charge is 0.481 e. The number of halogens is 1. The molecule has 128 valence electrons. The summed E-state index contributed by atoms with van der Waals surface area (Å²) < 4.78 is 5.60. The molecule has 0 heterocycles. The van der Waals surface area contributed by atoms with E-state index in [1.165, 1.54) is 11.1 Å². The van der Waals surface area contributed by atoms with Crippen LogP contribution in [0.25, 0.3) is 0 Å². The monoisotopic (exact) mass is 363 g/mol. The van der Waals surface area contributed by atoms with Gasteiger partial charge in [-0.1, -0.05) is 35.9 Å². The first kappa shape index (κ1) is 18.7. The summed E-state index contributed by atoms with van der Waals surface area (Å²) in [6.45, 7) is 4.49. The zero-order valence-electron chi connectivity index (χ0n) is 13.9. The Labute approximate surface area is 152 Å². The van der Waals surface area contributed by atoms with E-state index >= 15 is 0 Å². The zero-order valence-corrected chi connectivity index (χ0v) is 15.5. The number of carbonyl (C=O) groups is 1. The second kappa shape index (κ2) is 9.60. The molecule has 2 aromatic rings. The maximum atomic E-state index is 12.0. The van der Waals surface area contributed by atoms with Gasteiger partial charge in [0.2, 0.25) is 0 Å². The molecule has 1 amide bonds. The van der Waals surface area contributed by atoms with Gasteiger partial charge in [0.25, 0.3) is 5.91 Å². The van der Waals surface area contributed by atoms with Crippen LogP contribution in [0.2, 0.25) is 5.02 Å². The van der Waals surface area contributed by atoms with Crippen LogP contribution >= 0.6 is 23.4 Å². The predicted octanol–water partition coefficient (Wildman–Crippen LogP) is 4.47. The minimum Gasteiger partial charge on any atom is -0.481 e. The van der Waals surface area contributed by atoms with Crippen molar-refractivity contribution in [2.45, 2.75) is 25.7 Å². The van der Waals surface area contributed by atoms with Crippen molar-refractivity contribution < 1.29 is 9.53 Å². The highest BCUT2D eigenvalue weighted by Crippen LogP contribution is 2.17. The van der Waals surface area contributed by atoms with E-state index in [2.05, 4.69) is 30.4 Å². The van der Waals surface area contributed by atoms with Gasteiger partial charge >= 0.3 is 0 Å². The second-order valence-corrected chi connectivity index (χ2v) is 7.03. The van der Waals surface area contributed by atoms with Crippen LogP contribution in [0, 0.1) is 6.92 Å². The highest BCUT2D eigenvalue weighted by Gasteiger charge is 2.13. The van der Waals surface area contributed by atoms with Crippen LogP contribution in [-0.2, 0) is 10.5 Å². The minimum atomic E-state index is -0.535. The van der Waals surface area contributed by atoms with E-state index in [0.29, 0.717) is 17.3 Å². The van der Waals surface area contributed by atoms with Crippen molar-refractivity contribution in [3.8, 4) is 5.75 Å². The smallest absolute Gasteiger partial charge is 0.260 e. The quantitative estimate of drug-likeness (QED) is 0.703. The molecule has 1 N–H and O–H groups in total. The van der Waals surface area contributed by atoms with E-state index < -0.39 is 6.10 Å².